The highest BCUT2D eigenvalue weighted by Gasteiger charge is 2.21. The molecule has 5 heteroatoms. The molecule has 0 atom stereocenters. The third kappa shape index (κ3) is 2.74. The first-order valence-corrected chi connectivity index (χ1v) is 8.35. The summed E-state index contributed by atoms with van der Waals surface area (Å²) in [6.45, 7) is 4.24. The van der Waals surface area contributed by atoms with E-state index in [4.69, 9.17) is 0 Å². The second kappa shape index (κ2) is 5.96. The van der Waals surface area contributed by atoms with Crippen LogP contribution in [0, 0.1) is 6.92 Å². The molecule has 0 aromatic carbocycles. The molecule has 0 unspecified atom stereocenters. The van der Waals surface area contributed by atoms with Gasteiger partial charge in [0.25, 0.3) is 0 Å². The highest BCUT2D eigenvalue weighted by molar-refractivity contribution is 8.76. The fraction of sp³-hybridized carbons (Fsp3) is 0.818. The van der Waals surface area contributed by atoms with Gasteiger partial charge in [-0.15, -0.1) is 10.2 Å². The Balaban J connectivity index is 2.13. The molecule has 1 heterocycles. The molecule has 0 N–H and O–H groups in total. The van der Waals surface area contributed by atoms with Gasteiger partial charge < -0.3 is 4.57 Å². The predicted molar refractivity (Wildman–Crippen MR) is 70.9 cm³/mol. The van der Waals surface area contributed by atoms with E-state index in [9.17, 15) is 0 Å². The van der Waals surface area contributed by atoms with Gasteiger partial charge in [-0.3, -0.25) is 0 Å². The molecule has 1 aliphatic rings. The SMILES string of the molecule is CCSSc1nnc(C)n1C1CCCCC1. The minimum atomic E-state index is 0.642. The third-order valence-corrected chi connectivity index (χ3v) is 5.31. The van der Waals surface area contributed by atoms with E-state index in [-0.39, 0.29) is 0 Å². The van der Waals surface area contributed by atoms with Gasteiger partial charge in [0, 0.05) is 11.8 Å². The quantitative estimate of drug-likeness (QED) is 0.767. The maximum Gasteiger partial charge on any atom is 0.202 e. The van der Waals surface area contributed by atoms with Crippen LogP contribution in [-0.2, 0) is 0 Å². The van der Waals surface area contributed by atoms with Crippen molar-refractivity contribution < 1.29 is 0 Å². The van der Waals surface area contributed by atoms with Crippen molar-refractivity contribution in [1.82, 2.24) is 14.8 Å². The second-order valence-corrected chi connectivity index (χ2v) is 6.73. The Morgan fingerprint density at radius 1 is 1.25 bits per heavy atom. The lowest BCUT2D eigenvalue weighted by Crippen LogP contribution is -2.14. The van der Waals surface area contributed by atoms with Crippen LogP contribution in [0.3, 0.4) is 0 Å². The van der Waals surface area contributed by atoms with Crippen LogP contribution in [-0.4, -0.2) is 20.5 Å². The normalized spacial score (nSPS) is 17.9. The van der Waals surface area contributed by atoms with Crippen LogP contribution < -0.4 is 0 Å². The van der Waals surface area contributed by atoms with E-state index in [1.165, 1.54) is 32.1 Å². The Morgan fingerprint density at radius 3 is 2.69 bits per heavy atom. The first-order valence-electron chi connectivity index (χ1n) is 6.04. The molecule has 0 spiro atoms. The summed E-state index contributed by atoms with van der Waals surface area (Å²) in [4.78, 5) is 0. The second-order valence-electron chi connectivity index (χ2n) is 4.18. The monoisotopic (exact) mass is 257 g/mol. The molecule has 3 nitrogen and oxygen atoms in total. The maximum absolute atomic E-state index is 4.28. The van der Waals surface area contributed by atoms with Gasteiger partial charge in [0.2, 0.25) is 5.16 Å². The van der Waals surface area contributed by atoms with Crippen LogP contribution in [0.5, 0.6) is 0 Å². The third-order valence-electron chi connectivity index (χ3n) is 3.03. The Kier molecular flexibility index (Phi) is 4.58. The van der Waals surface area contributed by atoms with Crippen LogP contribution in [0.4, 0.5) is 0 Å². The summed E-state index contributed by atoms with van der Waals surface area (Å²) in [7, 11) is 3.61. The molecule has 0 amide bonds. The van der Waals surface area contributed by atoms with Gasteiger partial charge in [0.05, 0.1) is 0 Å². The van der Waals surface area contributed by atoms with Crippen LogP contribution in [0.25, 0.3) is 0 Å². The van der Waals surface area contributed by atoms with Crippen molar-refractivity contribution in [3.8, 4) is 0 Å². The van der Waals surface area contributed by atoms with Crippen molar-refractivity contribution in [3.63, 3.8) is 0 Å². The van der Waals surface area contributed by atoms with Crippen LogP contribution in [0.15, 0.2) is 5.16 Å². The van der Waals surface area contributed by atoms with Crippen molar-refractivity contribution >= 4 is 21.6 Å². The first-order chi connectivity index (χ1) is 7.83. The Bertz CT molecular complexity index is 332. The van der Waals surface area contributed by atoms with E-state index < -0.39 is 0 Å². The number of rotatable bonds is 4. The zero-order valence-corrected chi connectivity index (χ0v) is 11.6. The molecular weight excluding hydrogens is 238 g/mol. The minimum Gasteiger partial charge on any atom is -0.302 e. The molecule has 16 heavy (non-hydrogen) atoms. The van der Waals surface area contributed by atoms with E-state index >= 15 is 0 Å². The van der Waals surface area contributed by atoms with Crippen molar-refractivity contribution in [2.24, 2.45) is 0 Å². The molecule has 1 aliphatic carbocycles. The Hall–Kier alpha value is -0.160. The van der Waals surface area contributed by atoms with E-state index in [0.717, 1.165) is 16.7 Å². The van der Waals surface area contributed by atoms with Gasteiger partial charge in [0.1, 0.15) is 5.82 Å². The summed E-state index contributed by atoms with van der Waals surface area (Å²) in [6, 6.07) is 0.642. The zero-order valence-electron chi connectivity index (χ0n) is 9.98. The standard InChI is InChI=1S/C11H19N3S2/c1-3-15-16-11-13-12-9(2)14(11)10-7-5-4-6-8-10/h10H,3-8H2,1-2H3. The van der Waals surface area contributed by atoms with Gasteiger partial charge in [-0.2, -0.15) is 0 Å². The highest BCUT2D eigenvalue weighted by Crippen LogP contribution is 2.36. The molecule has 1 saturated carbocycles. The molecule has 2 rings (SSSR count). The van der Waals surface area contributed by atoms with Gasteiger partial charge in [-0.1, -0.05) is 37.0 Å². The lowest BCUT2D eigenvalue weighted by atomic mass is 9.95. The smallest absolute Gasteiger partial charge is 0.202 e. The first kappa shape index (κ1) is 12.3. The van der Waals surface area contributed by atoms with E-state index in [1.807, 2.05) is 10.8 Å². The largest absolute Gasteiger partial charge is 0.302 e. The average Bonchev–Trinajstić information content (AvgIpc) is 2.69. The molecule has 1 aromatic rings. The molecule has 90 valence electrons. The number of hydrogen-bond acceptors (Lipinski definition) is 4. The predicted octanol–water partition coefficient (Wildman–Crippen LogP) is 3.85. The van der Waals surface area contributed by atoms with Gasteiger partial charge in [0.15, 0.2) is 0 Å². The van der Waals surface area contributed by atoms with E-state index in [0.29, 0.717) is 6.04 Å². The van der Waals surface area contributed by atoms with Crippen molar-refractivity contribution in [1.29, 1.82) is 0 Å². The van der Waals surface area contributed by atoms with Crippen molar-refractivity contribution in [3.05, 3.63) is 5.82 Å². The maximum atomic E-state index is 4.28. The molecule has 0 aliphatic heterocycles. The average molecular weight is 257 g/mol. The van der Waals surface area contributed by atoms with Crippen LogP contribution in [0.2, 0.25) is 0 Å². The lowest BCUT2D eigenvalue weighted by molar-refractivity contribution is 0.332. The fourth-order valence-corrected chi connectivity index (χ4v) is 3.95. The molecule has 0 radical (unpaired) electrons. The summed E-state index contributed by atoms with van der Waals surface area (Å²) in [5.74, 6) is 2.19. The molecule has 1 aromatic heterocycles. The fourth-order valence-electron chi connectivity index (χ4n) is 2.28. The molecule has 1 fully saturated rings. The van der Waals surface area contributed by atoms with Crippen molar-refractivity contribution in [2.45, 2.75) is 57.1 Å². The zero-order chi connectivity index (χ0) is 11.4. The molecular formula is C11H19N3S2. The summed E-state index contributed by atoms with van der Waals surface area (Å²) >= 11 is 0. The van der Waals surface area contributed by atoms with Gasteiger partial charge >= 0.3 is 0 Å². The summed E-state index contributed by atoms with van der Waals surface area (Å²) in [6.07, 6.45) is 6.69. The summed E-state index contributed by atoms with van der Waals surface area (Å²) in [5, 5.41) is 9.60. The number of hydrogen-bond donors (Lipinski definition) is 0. The van der Waals surface area contributed by atoms with E-state index in [2.05, 4.69) is 28.6 Å². The molecule has 0 saturated heterocycles. The Morgan fingerprint density at radius 2 is 2.00 bits per heavy atom. The van der Waals surface area contributed by atoms with Gasteiger partial charge in [-0.05, 0) is 30.6 Å². The van der Waals surface area contributed by atoms with Crippen LogP contribution >= 0.6 is 21.6 Å². The summed E-state index contributed by atoms with van der Waals surface area (Å²) in [5.41, 5.74) is 0. The van der Waals surface area contributed by atoms with Crippen molar-refractivity contribution in [2.75, 3.05) is 5.75 Å². The molecule has 0 bridgehead atoms. The highest BCUT2D eigenvalue weighted by atomic mass is 33.1. The number of nitrogens with zero attached hydrogens (tertiary/aromatic N) is 3. The topological polar surface area (TPSA) is 30.7 Å². The minimum absolute atomic E-state index is 0.642. The van der Waals surface area contributed by atoms with E-state index in [1.54, 1.807) is 10.8 Å². The number of aryl methyl sites for hydroxylation is 1. The lowest BCUT2D eigenvalue weighted by Gasteiger charge is -2.24. The van der Waals surface area contributed by atoms with Crippen LogP contribution in [0.1, 0.15) is 50.9 Å². The summed E-state index contributed by atoms with van der Waals surface area (Å²) < 4.78 is 2.35. The Labute approximate surface area is 105 Å². The number of aromatic nitrogens is 3. The van der Waals surface area contributed by atoms with Gasteiger partial charge in [-0.25, -0.2) is 0 Å².